The first kappa shape index (κ1) is 10.7. The molecule has 0 bridgehead atoms. The number of carboxylic acids is 1. The van der Waals surface area contributed by atoms with Crippen molar-refractivity contribution in [3.05, 3.63) is 36.0 Å². The predicted octanol–water partition coefficient (Wildman–Crippen LogP) is 3.14. The molecule has 0 saturated carbocycles. The molecule has 3 heteroatoms. The second kappa shape index (κ2) is 4.39. The highest BCUT2D eigenvalue weighted by molar-refractivity contribution is 5.84. The Hall–Kier alpha value is -1.77. The molecule has 1 aromatic carbocycles. The Labute approximate surface area is 94.1 Å². The molecular formula is C13H15NO2. The Kier molecular flexibility index (Phi) is 2.95. The molecule has 0 radical (unpaired) electrons. The van der Waals surface area contributed by atoms with Crippen molar-refractivity contribution < 1.29 is 9.90 Å². The van der Waals surface area contributed by atoms with E-state index in [0.29, 0.717) is 0 Å². The summed E-state index contributed by atoms with van der Waals surface area (Å²) in [6.07, 6.45) is 2.97. The maximum Gasteiger partial charge on any atom is 0.303 e. The number of rotatable bonds is 4. The monoisotopic (exact) mass is 217 g/mol. The van der Waals surface area contributed by atoms with Gasteiger partial charge < -0.3 is 10.1 Å². The average Bonchev–Trinajstić information content (AvgIpc) is 2.69. The zero-order valence-corrected chi connectivity index (χ0v) is 9.23. The molecule has 0 aliphatic heterocycles. The van der Waals surface area contributed by atoms with Crippen molar-refractivity contribution in [2.24, 2.45) is 0 Å². The lowest BCUT2D eigenvalue weighted by molar-refractivity contribution is -0.137. The third-order valence-electron chi connectivity index (χ3n) is 2.97. The SMILES string of the molecule is CC[C@H](CC(=O)O)c1c[nH]c2ccccc12. The lowest BCUT2D eigenvalue weighted by Gasteiger charge is -2.11. The fourth-order valence-electron chi connectivity index (χ4n) is 2.12. The van der Waals surface area contributed by atoms with Crippen LogP contribution in [0, 0.1) is 0 Å². The van der Waals surface area contributed by atoms with Gasteiger partial charge in [-0.15, -0.1) is 0 Å². The number of H-pyrrole nitrogens is 1. The van der Waals surface area contributed by atoms with Crippen LogP contribution in [0.3, 0.4) is 0 Å². The lowest BCUT2D eigenvalue weighted by atomic mass is 9.93. The first-order valence-electron chi connectivity index (χ1n) is 5.50. The summed E-state index contributed by atoms with van der Waals surface area (Å²) in [7, 11) is 0. The molecule has 1 heterocycles. The van der Waals surface area contributed by atoms with E-state index in [9.17, 15) is 4.79 Å². The number of fused-ring (bicyclic) bond motifs is 1. The average molecular weight is 217 g/mol. The molecule has 2 N–H and O–H groups in total. The van der Waals surface area contributed by atoms with Gasteiger partial charge in [0.25, 0.3) is 0 Å². The van der Waals surface area contributed by atoms with E-state index in [-0.39, 0.29) is 12.3 Å². The first-order valence-corrected chi connectivity index (χ1v) is 5.50. The van der Waals surface area contributed by atoms with Crippen LogP contribution in [-0.2, 0) is 4.79 Å². The molecule has 2 rings (SSSR count). The maximum absolute atomic E-state index is 10.8. The molecular weight excluding hydrogens is 202 g/mol. The van der Waals surface area contributed by atoms with Gasteiger partial charge in [0.15, 0.2) is 0 Å². The summed E-state index contributed by atoms with van der Waals surface area (Å²) < 4.78 is 0. The summed E-state index contributed by atoms with van der Waals surface area (Å²) in [4.78, 5) is 14.0. The predicted molar refractivity (Wildman–Crippen MR) is 63.6 cm³/mol. The molecule has 84 valence electrons. The smallest absolute Gasteiger partial charge is 0.303 e. The molecule has 0 aliphatic carbocycles. The van der Waals surface area contributed by atoms with E-state index in [2.05, 4.69) is 4.98 Å². The fraction of sp³-hybridized carbons (Fsp3) is 0.308. The van der Waals surface area contributed by atoms with E-state index in [1.807, 2.05) is 37.4 Å². The first-order chi connectivity index (χ1) is 7.72. The summed E-state index contributed by atoms with van der Waals surface area (Å²) in [6.45, 7) is 2.02. The van der Waals surface area contributed by atoms with Crippen molar-refractivity contribution in [1.82, 2.24) is 4.98 Å². The minimum absolute atomic E-state index is 0.0913. The highest BCUT2D eigenvalue weighted by atomic mass is 16.4. The largest absolute Gasteiger partial charge is 0.481 e. The quantitative estimate of drug-likeness (QED) is 0.826. The van der Waals surface area contributed by atoms with Crippen LogP contribution in [0.2, 0.25) is 0 Å². The molecule has 0 unspecified atom stereocenters. The number of nitrogens with one attached hydrogen (secondary N) is 1. The molecule has 16 heavy (non-hydrogen) atoms. The Morgan fingerprint density at radius 2 is 2.19 bits per heavy atom. The van der Waals surface area contributed by atoms with Gasteiger partial charge in [-0.05, 0) is 24.0 Å². The van der Waals surface area contributed by atoms with Crippen molar-refractivity contribution >= 4 is 16.9 Å². The summed E-state index contributed by atoms with van der Waals surface area (Å²) in [5.41, 5.74) is 2.18. The third kappa shape index (κ3) is 1.94. The molecule has 0 amide bonds. The molecule has 0 aliphatic rings. The van der Waals surface area contributed by atoms with Crippen LogP contribution in [0.4, 0.5) is 0 Å². The number of hydrogen-bond acceptors (Lipinski definition) is 1. The molecule has 1 atom stereocenters. The number of aromatic amines is 1. The van der Waals surface area contributed by atoms with Crippen LogP contribution in [0.15, 0.2) is 30.5 Å². The van der Waals surface area contributed by atoms with E-state index >= 15 is 0 Å². The van der Waals surface area contributed by atoms with Crippen molar-refractivity contribution in [3.63, 3.8) is 0 Å². The summed E-state index contributed by atoms with van der Waals surface area (Å²) in [5, 5.41) is 10.0. The van der Waals surface area contributed by atoms with Crippen LogP contribution in [0.5, 0.6) is 0 Å². The second-order valence-electron chi connectivity index (χ2n) is 3.99. The minimum Gasteiger partial charge on any atom is -0.481 e. The zero-order valence-electron chi connectivity index (χ0n) is 9.23. The lowest BCUT2D eigenvalue weighted by Crippen LogP contribution is -2.04. The fourth-order valence-corrected chi connectivity index (χ4v) is 2.12. The van der Waals surface area contributed by atoms with Gasteiger partial charge in [0.1, 0.15) is 0 Å². The Morgan fingerprint density at radius 1 is 1.44 bits per heavy atom. The topological polar surface area (TPSA) is 53.1 Å². The zero-order chi connectivity index (χ0) is 11.5. The van der Waals surface area contributed by atoms with Gasteiger partial charge in [-0.25, -0.2) is 0 Å². The minimum atomic E-state index is -0.739. The van der Waals surface area contributed by atoms with Gasteiger partial charge in [-0.1, -0.05) is 25.1 Å². The van der Waals surface area contributed by atoms with Gasteiger partial charge in [0.05, 0.1) is 6.42 Å². The van der Waals surface area contributed by atoms with Gasteiger partial charge in [-0.2, -0.15) is 0 Å². The normalized spacial score (nSPS) is 12.8. The van der Waals surface area contributed by atoms with Gasteiger partial charge in [0.2, 0.25) is 0 Å². The second-order valence-corrected chi connectivity index (χ2v) is 3.99. The van der Waals surface area contributed by atoms with Crippen molar-refractivity contribution in [3.8, 4) is 0 Å². The molecule has 3 nitrogen and oxygen atoms in total. The molecule has 0 saturated heterocycles. The number of para-hydroxylation sites is 1. The number of carboxylic acid groups (broad SMARTS) is 1. The molecule has 0 spiro atoms. The summed E-state index contributed by atoms with van der Waals surface area (Å²) >= 11 is 0. The number of hydrogen-bond donors (Lipinski definition) is 2. The van der Waals surface area contributed by atoms with E-state index in [0.717, 1.165) is 22.9 Å². The van der Waals surface area contributed by atoms with Crippen molar-refractivity contribution in [2.75, 3.05) is 0 Å². The highest BCUT2D eigenvalue weighted by Crippen LogP contribution is 2.29. The van der Waals surface area contributed by atoms with Crippen molar-refractivity contribution in [2.45, 2.75) is 25.7 Å². The highest BCUT2D eigenvalue weighted by Gasteiger charge is 2.16. The third-order valence-corrected chi connectivity index (χ3v) is 2.97. The number of aromatic nitrogens is 1. The molecule has 1 aromatic heterocycles. The maximum atomic E-state index is 10.8. The van der Waals surface area contributed by atoms with Crippen molar-refractivity contribution in [1.29, 1.82) is 0 Å². The van der Waals surface area contributed by atoms with Crippen LogP contribution in [0.1, 0.15) is 31.2 Å². The van der Waals surface area contributed by atoms with Gasteiger partial charge in [-0.3, -0.25) is 4.79 Å². The van der Waals surface area contributed by atoms with Gasteiger partial charge in [0, 0.05) is 17.1 Å². The Bertz CT molecular complexity index is 501. The number of carbonyl (C=O) groups is 1. The van der Waals surface area contributed by atoms with Crippen LogP contribution in [0.25, 0.3) is 10.9 Å². The number of aliphatic carboxylic acids is 1. The van der Waals surface area contributed by atoms with Crippen LogP contribution >= 0.6 is 0 Å². The summed E-state index contributed by atoms with van der Waals surface area (Å²) in [6, 6.07) is 7.99. The Balaban J connectivity index is 2.41. The van der Waals surface area contributed by atoms with E-state index in [1.165, 1.54) is 0 Å². The van der Waals surface area contributed by atoms with Crippen LogP contribution in [-0.4, -0.2) is 16.1 Å². The molecule has 2 aromatic rings. The number of benzene rings is 1. The molecule has 0 fully saturated rings. The standard InChI is InChI=1S/C13H15NO2/c1-2-9(7-13(15)16)11-8-14-12-6-4-3-5-10(11)12/h3-6,8-9,14H,2,7H2,1H3,(H,15,16)/t9-/m1/s1. The van der Waals surface area contributed by atoms with E-state index in [4.69, 9.17) is 5.11 Å². The van der Waals surface area contributed by atoms with E-state index < -0.39 is 5.97 Å². The van der Waals surface area contributed by atoms with E-state index in [1.54, 1.807) is 0 Å². The Morgan fingerprint density at radius 3 is 2.88 bits per heavy atom. The van der Waals surface area contributed by atoms with Crippen LogP contribution < -0.4 is 0 Å². The van der Waals surface area contributed by atoms with Gasteiger partial charge >= 0.3 is 5.97 Å². The summed E-state index contributed by atoms with van der Waals surface area (Å²) in [5.74, 6) is -0.647.